The standard InChI is InChI=1S/C14H14N2O.2C2H6.CH4O/c1-4-13(17-3)7-10(2)12-8-11-5-6-15-14(11)16-9-12;3*1-2/h4-9H,1-2H2,3H3,(H,15,16);2*1-2H3;2H,1H3/b13-7+;;;. The molecule has 0 amide bonds. The number of aromatic amines is 1. The highest BCUT2D eigenvalue weighted by Gasteiger charge is 2.01. The summed E-state index contributed by atoms with van der Waals surface area (Å²) >= 11 is 0. The molecule has 2 N–H and O–H groups in total. The zero-order chi connectivity index (χ0) is 18.3. The second-order valence-corrected chi connectivity index (χ2v) is 3.62. The lowest BCUT2D eigenvalue weighted by Gasteiger charge is -2.03. The Morgan fingerprint density at radius 2 is 1.87 bits per heavy atom. The Bertz CT molecular complexity index is 598. The van der Waals surface area contributed by atoms with E-state index < -0.39 is 0 Å². The number of H-pyrrole nitrogens is 1. The molecule has 2 aromatic heterocycles. The van der Waals surface area contributed by atoms with E-state index in [1.807, 2.05) is 52.1 Å². The van der Waals surface area contributed by atoms with Crippen molar-refractivity contribution >= 4 is 16.6 Å². The first-order chi connectivity index (χ1) is 11.2. The molecule has 0 aliphatic heterocycles. The van der Waals surface area contributed by atoms with Crippen LogP contribution in [-0.2, 0) is 4.74 Å². The first-order valence-corrected chi connectivity index (χ1v) is 7.70. The van der Waals surface area contributed by atoms with Crippen molar-refractivity contribution in [3.63, 3.8) is 0 Å². The van der Waals surface area contributed by atoms with Crippen LogP contribution in [0.25, 0.3) is 16.6 Å². The van der Waals surface area contributed by atoms with Crippen LogP contribution in [0.15, 0.2) is 55.6 Å². The molecule has 0 atom stereocenters. The molecule has 0 unspecified atom stereocenters. The molecule has 0 fully saturated rings. The molecule has 0 spiro atoms. The van der Waals surface area contributed by atoms with Gasteiger partial charge in [0.2, 0.25) is 0 Å². The Hall–Kier alpha value is -2.33. The van der Waals surface area contributed by atoms with Crippen LogP contribution in [0.1, 0.15) is 33.3 Å². The summed E-state index contributed by atoms with van der Waals surface area (Å²) in [7, 11) is 2.61. The number of pyridine rings is 1. The number of rotatable bonds is 4. The lowest BCUT2D eigenvalue weighted by molar-refractivity contribution is 0.307. The second kappa shape index (κ2) is 14.6. The van der Waals surface area contributed by atoms with Crippen molar-refractivity contribution in [1.82, 2.24) is 9.97 Å². The number of aliphatic hydroxyl groups is 1. The van der Waals surface area contributed by atoms with Gasteiger partial charge < -0.3 is 14.8 Å². The van der Waals surface area contributed by atoms with Crippen LogP contribution in [0.4, 0.5) is 0 Å². The van der Waals surface area contributed by atoms with Gasteiger partial charge >= 0.3 is 0 Å². The van der Waals surface area contributed by atoms with E-state index >= 15 is 0 Å². The topological polar surface area (TPSA) is 58.1 Å². The van der Waals surface area contributed by atoms with Crippen molar-refractivity contribution in [2.75, 3.05) is 14.2 Å². The predicted octanol–water partition coefficient (Wildman–Crippen LogP) is 4.95. The summed E-state index contributed by atoms with van der Waals surface area (Å²) in [6.45, 7) is 15.7. The first kappa shape index (κ1) is 22.9. The van der Waals surface area contributed by atoms with E-state index in [1.54, 1.807) is 19.4 Å². The fourth-order valence-electron chi connectivity index (χ4n) is 1.57. The average Bonchev–Trinajstić information content (AvgIpc) is 3.12. The summed E-state index contributed by atoms with van der Waals surface area (Å²) in [4.78, 5) is 7.36. The largest absolute Gasteiger partial charge is 0.497 e. The molecule has 0 aliphatic rings. The molecule has 0 aromatic carbocycles. The third-order valence-corrected chi connectivity index (χ3v) is 2.52. The lowest BCUT2D eigenvalue weighted by Crippen LogP contribution is -1.86. The molecule has 2 rings (SSSR count). The number of aliphatic hydroxyl groups excluding tert-OH is 1. The molecule has 2 aromatic rings. The highest BCUT2D eigenvalue weighted by atomic mass is 16.5. The number of methoxy groups -OCH3 is 1. The summed E-state index contributed by atoms with van der Waals surface area (Å²) in [5, 5.41) is 8.06. The zero-order valence-corrected chi connectivity index (χ0v) is 15.2. The molecule has 0 saturated heterocycles. The molecule has 23 heavy (non-hydrogen) atoms. The number of ether oxygens (including phenoxy) is 1. The van der Waals surface area contributed by atoms with Crippen molar-refractivity contribution in [3.8, 4) is 0 Å². The molecule has 2 heterocycles. The highest BCUT2D eigenvalue weighted by Crippen LogP contribution is 2.19. The molecule has 0 aliphatic carbocycles. The van der Waals surface area contributed by atoms with Crippen molar-refractivity contribution in [3.05, 3.63) is 61.2 Å². The number of fused-ring (bicyclic) bond motifs is 1. The van der Waals surface area contributed by atoms with Crippen LogP contribution in [0, 0.1) is 0 Å². The van der Waals surface area contributed by atoms with Gasteiger partial charge in [-0.25, -0.2) is 4.98 Å². The van der Waals surface area contributed by atoms with Crippen molar-refractivity contribution in [2.45, 2.75) is 27.7 Å². The minimum atomic E-state index is 0.684. The number of aromatic nitrogens is 2. The monoisotopic (exact) mass is 318 g/mol. The number of hydrogen-bond donors (Lipinski definition) is 2. The van der Waals surface area contributed by atoms with E-state index in [0.29, 0.717) is 5.76 Å². The Labute approximate surface area is 140 Å². The van der Waals surface area contributed by atoms with Crippen LogP contribution in [0.5, 0.6) is 0 Å². The maximum atomic E-state index is 7.00. The van der Waals surface area contributed by atoms with Crippen LogP contribution in [0.3, 0.4) is 0 Å². The molecular weight excluding hydrogens is 288 g/mol. The van der Waals surface area contributed by atoms with Gasteiger partial charge in [-0.15, -0.1) is 0 Å². The Balaban J connectivity index is 0. The van der Waals surface area contributed by atoms with Crippen LogP contribution < -0.4 is 0 Å². The fourth-order valence-corrected chi connectivity index (χ4v) is 1.57. The van der Waals surface area contributed by atoms with Crippen molar-refractivity contribution in [2.24, 2.45) is 0 Å². The molecule has 0 radical (unpaired) electrons. The van der Waals surface area contributed by atoms with Crippen LogP contribution in [0.2, 0.25) is 0 Å². The fraction of sp³-hybridized carbons (Fsp3) is 0.316. The van der Waals surface area contributed by atoms with Crippen molar-refractivity contribution < 1.29 is 9.84 Å². The molecule has 0 bridgehead atoms. The van der Waals surface area contributed by atoms with Crippen LogP contribution >= 0.6 is 0 Å². The minimum absolute atomic E-state index is 0.684. The average molecular weight is 318 g/mol. The van der Waals surface area contributed by atoms with Gasteiger partial charge in [0.05, 0.1) is 7.11 Å². The summed E-state index contributed by atoms with van der Waals surface area (Å²) in [5.41, 5.74) is 2.69. The van der Waals surface area contributed by atoms with Gasteiger partial charge in [0.15, 0.2) is 0 Å². The molecular formula is C19H30N2O2. The molecule has 4 nitrogen and oxygen atoms in total. The normalized spacial score (nSPS) is 9.26. The van der Waals surface area contributed by atoms with E-state index in [-0.39, 0.29) is 0 Å². The summed E-state index contributed by atoms with van der Waals surface area (Å²) in [5.74, 6) is 0.684. The van der Waals surface area contributed by atoms with Gasteiger partial charge in [0, 0.05) is 30.5 Å². The summed E-state index contributed by atoms with van der Waals surface area (Å²) in [6, 6.07) is 4.02. The predicted molar refractivity (Wildman–Crippen MR) is 101 cm³/mol. The van der Waals surface area contributed by atoms with Gasteiger partial charge in [0.1, 0.15) is 11.4 Å². The zero-order valence-electron chi connectivity index (χ0n) is 15.2. The van der Waals surface area contributed by atoms with Gasteiger partial charge in [-0.1, -0.05) is 40.9 Å². The third kappa shape index (κ3) is 7.47. The maximum Gasteiger partial charge on any atom is 0.137 e. The Morgan fingerprint density at radius 1 is 1.26 bits per heavy atom. The first-order valence-electron chi connectivity index (χ1n) is 7.70. The SMILES string of the molecule is C=C/C(=C\C(=C)c1cnc2[nH]ccc2c1)OC.CC.CC.CO. The van der Waals surface area contributed by atoms with E-state index in [1.165, 1.54) is 0 Å². The van der Waals surface area contributed by atoms with Crippen LogP contribution in [-0.4, -0.2) is 29.3 Å². The second-order valence-electron chi connectivity index (χ2n) is 3.62. The number of nitrogens with zero attached hydrogens (tertiary/aromatic N) is 1. The summed E-state index contributed by atoms with van der Waals surface area (Å²) < 4.78 is 5.12. The smallest absolute Gasteiger partial charge is 0.137 e. The third-order valence-electron chi connectivity index (χ3n) is 2.52. The van der Waals surface area contributed by atoms with Gasteiger partial charge in [0.25, 0.3) is 0 Å². The quantitative estimate of drug-likeness (QED) is 0.619. The molecule has 4 heteroatoms. The molecule has 0 saturated carbocycles. The summed E-state index contributed by atoms with van der Waals surface area (Å²) in [6.07, 6.45) is 7.13. The van der Waals surface area contributed by atoms with Gasteiger partial charge in [-0.2, -0.15) is 0 Å². The number of hydrogen-bond acceptors (Lipinski definition) is 3. The minimum Gasteiger partial charge on any atom is -0.497 e. The Kier molecular flexibility index (Phi) is 14.6. The number of allylic oxidation sites excluding steroid dienone is 3. The highest BCUT2D eigenvalue weighted by molar-refractivity contribution is 5.82. The van der Waals surface area contributed by atoms with Gasteiger partial charge in [-0.3, -0.25) is 0 Å². The van der Waals surface area contributed by atoms with E-state index in [4.69, 9.17) is 9.84 Å². The number of nitrogens with one attached hydrogen (secondary N) is 1. The molecule has 128 valence electrons. The lowest BCUT2D eigenvalue weighted by atomic mass is 10.1. The van der Waals surface area contributed by atoms with Gasteiger partial charge in [-0.05, 0) is 29.9 Å². The van der Waals surface area contributed by atoms with Crippen molar-refractivity contribution in [1.29, 1.82) is 0 Å². The van der Waals surface area contributed by atoms with E-state index in [0.717, 1.165) is 29.3 Å². The Morgan fingerprint density at radius 3 is 2.39 bits per heavy atom. The maximum absolute atomic E-state index is 7.00. The van der Waals surface area contributed by atoms with E-state index in [9.17, 15) is 0 Å². The van der Waals surface area contributed by atoms with E-state index in [2.05, 4.69) is 23.1 Å².